The summed E-state index contributed by atoms with van der Waals surface area (Å²) in [6.45, 7) is 5.71. The van der Waals surface area contributed by atoms with E-state index in [1.165, 1.54) is 11.5 Å². The highest BCUT2D eigenvalue weighted by molar-refractivity contribution is 7.10. The minimum Gasteiger partial charge on any atom is -0.374 e. The number of morpholine rings is 1. The van der Waals surface area contributed by atoms with E-state index in [2.05, 4.69) is 25.9 Å². The lowest BCUT2D eigenvalue weighted by Crippen LogP contribution is -2.41. The molecule has 0 saturated carbocycles. The molecule has 7 heteroatoms. The third-order valence-electron chi connectivity index (χ3n) is 2.56. The van der Waals surface area contributed by atoms with Gasteiger partial charge in [-0.25, -0.2) is 0 Å². The minimum atomic E-state index is -0.321. The van der Waals surface area contributed by atoms with Crippen LogP contribution in [0.15, 0.2) is 0 Å². The first kappa shape index (κ1) is 12.2. The second-order valence-corrected chi connectivity index (χ2v) is 4.56. The summed E-state index contributed by atoms with van der Waals surface area (Å²) >= 11 is 1.37. The van der Waals surface area contributed by atoms with Gasteiger partial charge in [0.2, 0.25) is 0 Å². The van der Waals surface area contributed by atoms with Gasteiger partial charge in [0.1, 0.15) is 10.7 Å². The van der Waals surface area contributed by atoms with E-state index in [9.17, 15) is 0 Å². The number of nitrogens with zero attached hydrogens (tertiary/aromatic N) is 4. The number of rotatable bonds is 4. The van der Waals surface area contributed by atoms with E-state index in [4.69, 9.17) is 10.00 Å². The van der Waals surface area contributed by atoms with Gasteiger partial charge in [-0.05, 0) is 6.92 Å². The van der Waals surface area contributed by atoms with Crippen molar-refractivity contribution >= 4 is 16.5 Å². The quantitative estimate of drug-likeness (QED) is 0.851. The second-order valence-electron chi connectivity index (χ2n) is 3.80. The molecule has 1 unspecified atom stereocenters. The van der Waals surface area contributed by atoms with Crippen LogP contribution in [0.3, 0.4) is 0 Å². The molecule has 92 valence electrons. The van der Waals surface area contributed by atoms with Gasteiger partial charge in [0, 0.05) is 37.7 Å². The highest BCUT2D eigenvalue weighted by Gasteiger charge is 2.21. The van der Waals surface area contributed by atoms with E-state index in [1.807, 2.05) is 6.92 Å². The zero-order chi connectivity index (χ0) is 12.1. The Morgan fingerprint density at radius 1 is 1.71 bits per heavy atom. The molecule has 1 aromatic heterocycles. The SMILES string of the molecule is CCNc1snnc1CN1CCOC(C#N)C1. The van der Waals surface area contributed by atoms with Gasteiger partial charge in [0.15, 0.2) is 6.10 Å². The predicted octanol–water partition coefficient (Wildman–Crippen LogP) is 0.694. The van der Waals surface area contributed by atoms with Crippen molar-refractivity contribution in [1.82, 2.24) is 14.5 Å². The zero-order valence-corrected chi connectivity index (χ0v) is 10.5. The smallest absolute Gasteiger partial charge is 0.156 e. The largest absolute Gasteiger partial charge is 0.374 e. The van der Waals surface area contributed by atoms with Crippen molar-refractivity contribution in [3.05, 3.63) is 5.69 Å². The lowest BCUT2D eigenvalue weighted by molar-refractivity contribution is -0.00305. The van der Waals surface area contributed by atoms with Crippen molar-refractivity contribution in [2.45, 2.75) is 19.6 Å². The summed E-state index contributed by atoms with van der Waals surface area (Å²) in [6, 6.07) is 2.14. The molecule has 0 amide bonds. The van der Waals surface area contributed by atoms with Gasteiger partial charge in [-0.2, -0.15) is 5.26 Å². The third kappa shape index (κ3) is 3.12. The highest BCUT2D eigenvalue weighted by Crippen LogP contribution is 2.20. The first-order valence-electron chi connectivity index (χ1n) is 5.62. The number of hydrogen-bond donors (Lipinski definition) is 1. The van der Waals surface area contributed by atoms with Crippen LogP contribution in [0.5, 0.6) is 0 Å². The Labute approximate surface area is 104 Å². The van der Waals surface area contributed by atoms with Crippen LogP contribution in [0.2, 0.25) is 0 Å². The van der Waals surface area contributed by atoms with E-state index in [0.717, 1.165) is 30.3 Å². The summed E-state index contributed by atoms with van der Waals surface area (Å²) in [7, 11) is 0. The van der Waals surface area contributed by atoms with Gasteiger partial charge < -0.3 is 10.1 Å². The second kappa shape index (κ2) is 5.91. The standard InChI is InChI=1S/C10H15N5OS/c1-2-12-10-9(13-14-17-10)7-15-3-4-16-8(5-11)6-15/h8,12H,2-4,6-7H2,1H3. The van der Waals surface area contributed by atoms with E-state index in [-0.39, 0.29) is 6.10 Å². The Balaban J connectivity index is 1.95. The average Bonchev–Trinajstić information content (AvgIpc) is 2.78. The Bertz CT molecular complexity index is 402. The number of nitriles is 1. The molecule has 0 aromatic carbocycles. The summed E-state index contributed by atoms with van der Waals surface area (Å²) < 4.78 is 9.25. The summed E-state index contributed by atoms with van der Waals surface area (Å²) in [5.74, 6) is 0. The number of nitrogens with one attached hydrogen (secondary N) is 1. The van der Waals surface area contributed by atoms with Gasteiger partial charge in [-0.3, -0.25) is 4.90 Å². The minimum absolute atomic E-state index is 0.321. The molecule has 1 saturated heterocycles. The van der Waals surface area contributed by atoms with Gasteiger partial charge in [-0.1, -0.05) is 4.49 Å². The van der Waals surface area contributed by atoms with E-state index >= 15 is 0 Å². The zero-order valence-electron chi connectivity index (χ0n) is 9.72. The number of anilines is 1. The Hall–Kier alpha value is -1.23. The maximum absolute atomic E-state index is 8.83. The van der Waals surface area contributed by atoms with E-state index in [1.54, 1.807) is 0 Å². The van der Waals surface area contributed by atoms with Gasteiger partial charge in [0.25, 0.3) is 0 Å². The summed E-state index contributed by atoms with van der Waals surface area (Å²) in [6.07, 6.45) is -0.321. The monoisotopic (exact) mass is 253 g/mol. The summed E-state index contributed by atoms with van der Waals surface area (Å²) in [5, 5.41) is 17.2. The molecule has 0 spiro atoms. The molecule has 2 heterocycles. The van der Waals surface area contributed by atoms with Crippen LogP contribution in [0.1, 0.15) is 12.6 Å². The molecule has 1 aliphatic heterocycles. The van der Waals surface area contributed by atoms with E-state index < -0.39 is 0 Å². The maximum atomic E-state index is 8.83. The molecule has 1 atom stereocenters. The van der Waals surface area contributed by atoms with Crippen molar-refractivity contribution in [1.29, 1.82) is 5.26 Å². The normalized spacial score (nSPS) is 21.1. The number of aromatic nitrogens is 2. The third-order valence-corrected chi connectivity index (χ3v) is 3.29. The average molecular weight is 253 g/mol. The molecule has 1 fully saturated rings. The summed E-state index contributed by atoms with van der Waals surface area (Å²) in [4.78, 5) is 2.18. The van der Waals surface area contributed by atoms with Crippen molar-refractivity contribution in [3.8, 4) is 6.07 Å². The summed E-state index contributed by atoms with van der Waals surface area (Å²) in [5.41, 5.74) is 0.954. The lowest BCUT2D eigenvalue weighted by atomic mass is 10.3. The van der Waals surface area contributed by atoms with E-state index in [0.29, 0.717) is 13.2 Å². The molecule has 2 rings (SSSR count). The van der Waals surface area contributed by atoms with Crippen LogP contribution in [0.25, 0.3) is 0 Å². The first-order valence-corrected chi connectivity index (χ1v) is 6.39. The van der Waals surface area contributed by atoms with Crippen molar-refractivity contribution < 1.29 is 4.74 Å². The Morgan fingerprint density at radius 3 is 3.35 bits per heavy atom. The van der Waals surface area contributed by atoms with Crippen molar-refractivity contribution in [2.75, 3.05) is 31.6 Å². The molecule has 0 aliphatic carbocycles. The van der Waals surface area contributed by atoms with Crippen LogP contribution < -0.4 is 5.32 Å². The fourth-order valence-corrected chi connectivity index (χ4v) is 2.38. The van der Waals surface area contributed by atoms with Crippen LogP contribution in [0.4, 0.5) is 5.00 Å². The predicted molar refractivity (Wildman–Crippen MR) is 64.7 cm³/mol. The Kier molecular flexibility index (Phi) is 4.25. The van der Waals surface area contributed by atoms with Gasteiger partial charge >= 0.3 is 0 Å². The first-order chi connectivity index (χ1) is 8.33. The van der Waals surface area contributed by atoms with Crippen LogP contribution in [0, 0.1) is 11.3 Å². The van der Waals surface area contributed by atoms with Crippen LogP contribution in [-0.4, -0.2) is 46.8 Å². The van der Waals surface area contributed by atoms with Gasteiger partial charge in [-0.15, -0.1) is 5.10 Å². The lowest BCUT2D eigenvalue weighted by Gasteiger charge is -2.29. The number of ether oxygens (including phenoxy) is 1. The van der Waals surface area contributed by atoms with Crippen molar-refractivity contribution in [2.24, 2.45) is 0 Å². The fourth-order valence-electron chi connectivity index (χ4n) is 1.74. The molecule has 1 aromatic rings. The molecule has 17 heavy (non-hydrogen) atoms. The van der Waals surface area contributed by atoms with Crippen molar-refractivity contribution in [3.63, 3.8) is 0 Å². The molecular formula is C10H15N5OS. The Morgan fingerprint density at radius 2 is 2.59 bits per heavy atom. The molecule has 1 N–H and O–H groups in total. The van der Waals surface area contributed by atoms with Gasteiger partial charge in [0.05, 0.1) is 12.7 Å². The molecular weight excluding hydrogens is 238 g/mol. The highest BCUT2D eigenvalue weighted by atomic mass is 32.1. The molecule has 6 nitrogen and oxygen atoms in total. The maximum Gasteiger partial charge on any atom is 0.156 e. The van der Waals surface area contributed by atoms with Crippen LogP contribution >= 0.6 is 11.5 Å². The molecule has 1 aliphatic rings. The number of hydrogen-bond acceptors (Lipinski definition) is 7. The molecule has 0 bridgehead atoms. The van der Waals surface area contributed by atoms with Crippen LogP contribution in [-0.2, 0) is 11.3 Å². The fraction of sp³-hybridized carbons (Fsp3) is 0.700. The topological polar surface area (TPSA) is 74.1 Å². The molecule has 0 radical (unpaired) electrons.